The van der Waals surface area contributed by atoms with Gasteiger partial charge in [-0.15, -0.1) is 0 Å². The third kappa shape index (κ3) is 9.72. The Balaban J connectivity index is 1.17. The Labute approximate surface area is 343 Å². The maximum atomic E-state index is 13.4. The maximum absolute atomic E-state index is 13.4. The molecule has 0 fully saturated rings. The van der Waals surface area contributed by atoms with Crippen molar-refractivity contribution in [3.8, 4) is 55.6 Å². The zero-order valence-electron chi connectivity index (χ0n) is 33.9. The first-order valence-corrected chi connectivity index (χ1v) is 19.9. The molecule has 284 valence electrons. The van der Waals surface area contributed by atoms with E-state index in [-0.39, 0.29) is 18.0 Å². The molecule has 0 bridgehead atoms. The summed E-state index contributed by atoms with van der Waals surface area (Å²) in [5.41, 5.74) is 18.5. The van der Waals surface area contributed by atoms with Gasteiger partial charge in [0.2, 0.25) is 0 Å². The van der Waals surface area contributed by atoms with Crippen molar-refractivity contribution in [3.05, 3.63) is 221 Å². The molecule has 2 heteroatoms. The predicted octanol–water partition coefficient (Wildman–Crippen LogP) is 14.5. The Morgan fingerprint density at radius 2 is 0.914 bits per heavy atom. The second kappa shape index (κ2) is 17.9. The van der Waals surface area contributed by atoms with Crippen LogP contribution in [0.1, 0.15) is 52.0 Å². The second-order valence-corrected chi connectivity index (χ2v) is 15.2. The fourth-order valence-corrected chi connectivity index (χ4v) is 7.35. The number of carbonyl (C=O) groups is 2. The van der Waals surface area contributed by atoms with Crippen LogP contribution < -0.4 is 0 Å². The zero-order valence-corrected chi connectivity index (χ0v) is 33.9. The average molecular weight is 753 g/mol. The van der Waals surface area contributed by atoms with Crippen LogP contribution in [0, 0.1) is 20.8 Å². The molecule has 0 saturated carbocycles. The van der Waals surface area contributed by atoms with E-state index in [1.807, 2.05) is 43.3 Å². The quantitative estimate of drug-likeness (QED) is 0.0707. The minimum atomic E-state index is 0.0142. The van der Waals surface area contributed by atoms with Crippen molar-refractivity contribution < 1.29 is 9.59 Å². The Morgan fingerprint density at radius 3 is 1.45 bits per heavy atom. The fourth-order valence-electron chi connectivity index (χ4n) is 7.35. The number of ketones is 2. The smallest absolute Gasteiger partial charge is 0.160 e. The summed E-state index contributed by atoms with van der Waals surface area (Å²) in [4.78, 5) is 25.8. The molecular formula is C56H48O2. The van der Waals surface area contributed by atoms with Gasteiger partial charge in [0.25, 0.3) is 0 Å². The van der Waals surface area contributed by atoms with Crippen LogP contribution in [-0.4, -0.2) is 11.6 Å². The molecule has 0 atom stereocenters. The van der Waals surface area contributed by atoms with Crippen LogP contribution in [0.4, 0.5) is 0 Å². The first-order valence-electron chi connectivity index (χ1n) is 19.9. The molecule has 7 aromatic rings. The lowest BCUT2D eigenvalue weighted by atomic mass is 9.91. The topological polar surface area (TPSA) is 34.1 Å². The lowest BCUT2D eigenvalue weighted by Crippen LogP contribution is -2.00. The molecule has 2 nitrogen and oxygen atoms in total. The second-order valence-electron chi connectivity index (χ2n) is 15.2. The minimum absolute atomic E-state index is 0.0142. The first-order chi connectivity index (χ1) is 28.1. The maximum Gasteiger partial charge on any atom is 0.160 e. The molecule has 0 aliphatic carbocycles. The van der Waals surface area contributed by atoms with Gasteiger partial charge in [0.05, 0.1) is 0 Å². The summed E-state index contributed by atoms with van der Waals surface area (Å²) in [7, 11) is 0. The van der Waals surface area contributed by atoms with Crippen LogP contribution in [0.25, 0.3) is 61.7 Å². The number of aryl methyl sites for hydroxylation is 3. The van der Waals surface area contributed by atoms with Crippen molar-refractivity contribution >= 4 is 17.6 Å². The summed E-state index contributed by atoms with van der Waals surface area (Å²) < 4.78 is 0. The van der Waals surface area contributed by atoms with E-state index in [0.717, 1.165) is 50.1 Å². The Bertz CT molecular complexity index is 2700. The Hall–Kier alpha value is -6.90. The third-order valence-corrected chi connectivity index (χ3v) is 10.6. The molecule has 0 heterocycles. The summed E-state index contributed by atoms with van der Waals surface area (Å²) in [6, 6.07) is 55.0. The van der Waals surface area contributed by atoms with Gasteiger partial charge in [0.1, 0.15) is 0 Å². The van der Waals surface area contributed by atoms with Crippen LogP contribution in [0.3, 0.4) is 0 Å². The van der Waals surface area contributed by atoms with Crippen molar-refractivity contribution in [1.82, 2.24) is 0 Å². The highest BCUT2D eigenvalue weighted by molar-refractivity contribution is 5.96. The summed E-state index contributed by atoms with van der Waals surface area (Å²) >= 11 is 0. The molecule has 0 amide bonds. The Morgan fingerprint density at radius 1 is 0.466 bits per heavy atom. The number of Topliss-reactive ketones (excluding diaryl/α,β-unsaturated/α-hetero) is 1. The molecule has 0 aromatic heterocycles. The molecule has 0 saturated heterocycles. The average Bonchev–Trinajstić information content (AvgIpc) is 3.24. The fraction of sp³-hybridized carbons (Fsp3) is 0.107. The van der Waals surface area contributed by atoms with Gasteiger partial charge in [-0.3, -0.25) is 9.59 Å². The van der Waals surface area contributed by atoms with Gasteiger partial charge in [0, 0.05) is 12.0 Å². The molecule has 0 aliphatic rings. The third-order valence-electron chi connectivity index (χ3n) is 10.6. The van der Waals surface area contributed by atoms with Crippen molar-refractivity contribution in [1.29, 1.82) is 0 Å². The van der Waals surface area contributed by atoms with E-state index in [0.29, 0.717) is 5.56 Å². The SMILES string of the molecule is CC(=O)c1cccc(-c2cc(CC(=O)/C=C/C=C(C)/C=C/c3c(C)cccc3C)cc(-c3cccc(-c4cccc(-c5cccc(-c6ccc(C)cc6)c5)c4)c3)c2)c1. The van der Waals surface area contributed by atoms with Gasteiger partial charge in [-0.2, -0.15) is 0 Å². The lowest BCUT2D eigenvalue weighted by Gasteiger charge is -2.13. The van der Waals surface area contributed by atoms with Crippen molar-refractivity contribution in [2.45, 2.75) is 41.0 Å². The van der Waals surface area contributed by atoms with E-state index in [1.165, 1.54) is 38.9 Å². The molecule has 0 radical (unpaired) electrons. The Kier molecular flexibility index (Phi) is 12.2. The molecule has 0 aliphatic heterocycles. The summed E-state index contributed by atoms with van der Waals surface area (Å²) in [6.07, 6.45) is 9.94. The van der Waals surface area contributed by atoms with Crippen molar-refractivity contribution in [2.24, 2.45) is 0 Å². The van der Waals surface area contributed by atoms with Crippen LogP contribution in [0.2, 0.25) is 0 Å². The first kappa shape index (κ1) is 39.3. The predicted molar refractivity (Wildman–Crippen MR) is 245 cm³/mol. The van der Waals surface area contributed by atoms with Crippen LogP contribution >= 0.6 is 0 Å². The number of carbonyl (C=O) groups excluding carboxylic acids is 2. The van der Waals surface area contributed by atoms with E-state index < -0.39 is 0 Å². The highest BCUT2D eigenvalue weighted by Crippen LogP contribution is 2.34. The van der Waals surface area contributed by atoms with Gasteiger partial charge in [-0.25, -0.2) is 0 Å². The van der Waals surface area contributed by atoms with Crippen LogP contribution in [-0.2, 0) is 11.2 Å². The van der Waals surface area contributed by atoms with Crippen LogP contribution in [0.5, 0.6) is 0 Å². The molecule has 0 spiro atoms. The van der Waals surface area contributed by atoms with Gasteiger partial charge in [0.15, 0.2) is 11.6 Å². The standard InChI is InChI=1S/C56H48O2/c1-38(26-29-56-40(3)13-7-14-41(56)4)12-6-23-55(58)32-43-30-53(51-21-8-15-45(33-51)42(5)57)37-54(31-43)52-22-11-20-50(36-52)49-19-10-18-48(35-49)47-17-9-16-46(34-47)44-27-24-39(2)25-28-44/h6-31,33-37H,32H2,1-5H3/b23-6+,29-26+,38-12+. The number of hydrogen-bond donors (Lipinski definition) is 0. The summed E-state index contributed by atoms with van der Waals surface area (Å²) in [6.45, 7) is 9.97. The van der Waals surface area contributed by atoms with Crippen molar-refractivity contribution in [3.63, 3.8) is 0 Å². The molecule has 0 unspecified atom stereocenters. The zero-order chi connectivity index (χ0) is 40.6. The number of rotatable bonds is 12. The van der Waals surface area contributed by atoms with E-state index in [2.05, 4.69) is 166 Å². The number of benzene rings is 7. The largest absolute Gasteiger partial charge is 0.295 e. The van der Waals surface area contributed by atoms with E-state index in [4.69, 9.17) is 0 Å². The van der Waals surface area contributed by atoms with E-state index in [9.17, 15) is 9.59 Å². The summed E-state index contributed by atoms with van der Waals surface area (Å²) in [5.74, 6) is 0.0305. The normalized spacial score (nSPS) is 11.7. The number of allylic oxidation sites excluding steroid dienone is 5. The molecular weight excluding hydrogens is 705 g/mol. The molecule has 0 N–H and O–H groups in total. The highest BCUT2D eigenvalue weighted by Gasteiger charge is 2.12. The lowest BCUT2D eigenvalue weighted by molar-refractivity contribution is -0.114. The van der Waals surface area contributed by atoms with E-state index in [1.54, 1.807) is 13.0 Å². The van der Waals surface area contributed by atoms with Gasteiger partial charge < -0.3 is 0 Å². The van der Waals surface area contributed by atoms with Gasteiger partial charge >= 0.3 is 0 Å². The van der Waals surface area contributed by atoms with Gasteiger partial charge in [-0.05, 0) is 149 Å². The van der Waals surface area contributed by atoms with Crippen molar-refractivity contribution in [2.75, 3.05) is 0 Å². The summed E-state index contributed by atoms with van der Waals surface area (Å²) in [5, 5.41) is 0. The van der Waals surface area contributed by atoms with E-state index >= 15 is 0 Å². The molecule has 7 rings (SSSR count). The highest BCUT2D eigenvalue weighted by atomic mass is 16.1. The van der Waals surface area contributed by atoms with Gasteiger partial charge in [-0.1, -0.05) is 163 Å². The number of hydrogen-bond acceptors (Lipinski definition) is 2. The molecule has 58 heavy (non-hydrogen) atoms. The molecule has 7 aromatic carbocycles. The minimum Gasteiger partial charge on any atom is -0.295 e. The monoisotopic (exact) mass is 752 g/mol. The van der Waals surface area contributed by atoms with Crippen LogP contribution in [0.15, 0.2) is 188 Å².